The van der Waals surface area contributed by atoms with Crippen LogP contribution in [0, 0.1) is 0 Å². The third kappa shape index (κ3) is 3.74. The molecule has 132 valence electrons. The Kier molecular flexibility index (Phi) is 4.90. The van der Waals surface area contributed by atoms with Crippen molar-refractivity contribution in [2.75, 3.05) is 24.4 Å². The molecular formula is C17H20N4O4. The van der Waals surface area contributed by atoms with Crippen molar-refractivity contribution in [3.63, 3.8) is 0 Å². The van der Waals surface area contributed by atoms with E-state index in [1.165, 1.54) is 16.9 Å². The van der Waals surface area contributed by atoms with E-state index in [9.17, 15) is 9.59 Å². The van der Waals surface area contributed by atoms with Crippen LogP contribution in [0.15, 0.2) is 41.3 Å². The number of benzene rings is 1. The highest BCUT2D eigenvalue weighted by Gasteiger charge is 2.28. The average molecular weight is 344 g/mol. The quantitative estimate of drug-likeness (QED) is 0.665. The molecule has 1 aromatic carbocycles. The third-order valence-corrected chi connectivity index (χ3v) is 3.72. The van der Waals surface area contributed by atoms with Gasteiger partial charge in [0.2, 0.25) is 5.43 Å². The van der Waals surface area contributed by atoms with E-state index in [0.717, 1.165) is 5.56 Å². The summed E-state index contributed by atoms with van der Waals surface area (Å²) in [5, 5.41) is 2.75. The summed E-state index contributed by atoms with van der Waals surface area (Å²) in [7, 11) is 0. The van der Waals surface area contributed by atoms with Crippen LogP contribution in [0.5, 0.6) is 5.75 Å². The SMILES string of the molecule is CCOC[C@@H]1NC(=O)c2c(OCc3ccc(N)cc3)c(=O)ccn2N1. The zero-order valence-electron chi connectivity index (χ0n) is 13.8. The predicted octanol–water partition coefficient (Wildman–Crippen LogP) is 0.659. The van der Waals surface area contributed by atoms with Crippen LogP contribution in [-0.2, 0) is 11.3 Å². The van der Waals surface area contributed by atoms with Crippen LogP contribution >= 0.6 is 0 Å². The molecule has 2 aromatic rings. The first-order chi connectivity index (χ1) is 12.1. The fraction of sp³-hybridized carbons (Fsp3) is 0.294. The van der Waals surface area contributed by atoms with Gasteiger partial charge in [0.25, 0.3) is 5.91 Å². The van der Waals surface area contributed by atoms with E-state index in [0.29, 0.717) is 18.9 Å². The van der Waals surface area contributed by atoms with Gasteiger partial charge in [0.1, 0.15) is 12.8 Å². The number of carbonyl (C=O) groups excluding carboxylic acids is 1. The Morgan fingerprint density at radius 2 is 1.96 bits per heavy atom. The molecule has 0 radical (unpaired) electrons. The molecule has 1 aromatic heterocycles. The number of hydrogen-bond acceptors (Lipinski definition) is 6. The molecule has 25 heavy (non-hydrogen) atoms. The summed E-state index contributed by atoms with van der Waals surface area (Å²) < 4.78 is 12.4. The van der Waals surface area contributed by atoms with Gasteiger partial charge in [-0.15, -0.1) is 0 Å². The molecular weight excluding hydrogens is 324 g/mol. The number of fused-ring (bicyclic) bond motifs is 1. The van der Waals surface area contributed by atoms with Crippen molar-refractivity contribution in [2.24, 2.45) is 0 Å². The zero-order chi connectivity index (χ0) is 17.8. The first kappa shape index (κ1) is 16.8. The van der Waals surface area contributed by atoms with Crippen LogP contribution in [0.2, 0.25) is 0 Å². The summed E-state index contributed by atoms with van der Waals surface area (Å²) in [6, 6.07) is 8.46. The number of nitrogens with zero attached hydrogens (tertiary/aromatic N) is 1. The number of nitrogens with one attached hydrogen (secondary N) is 2. The van der Waals surface area contributed by atoms with Crippen molar-refractivity contribution in [3.05, 3.63) is 58.0 Å². The molecule has 3 rings (SSSR count). The van der Waals surface area contributed by atoms with E-state index in [1.807, 2.05) is 6.92 Å². The standard InChI is InChI=1S/C17H20N4O4/c1-2-24-10-14-19-17(23)15-16(13(22)7-8-21(15)20-14)25-9-11-3-5-12(18)6-4-11/h3-8,14,20H,2,9-10,18H2,1H3,(H,19,23)/t14-/m1/s1. The van der Waals surface area contributed by atoms with Gasteiger partial charge in [0, 0.05) is 24.6 Å². The monoisotopic (exact) mass is 344 g/mol. The molecule has 1 amide bonds. The zero-order valence-corrected chi connectivity index (χ0v) is 13.8. The molecule has 0 spiro atoms. The highest BCUT2D eigenvalue weighted by atomic mass is 16.5. The molecule has 8 heteroatoms. The number of rotatable bonds is 6. The van der Waals surface area contributed by atoms with Crippen LogP contribution in [0.4, 0.5) is 5.69 Å². The number of pyridine rings is 1. The third-order valence-electron chi connectivity index (χ3n) is 3.72. The van der Waals surface area contributed by atoms with E-state index < -0.39 is 5.91 Å². The Bertz CT molecular complexity index is 816. The molecule has 0 fully saturated rings. The Labute approximate surface area is 144 Å². The lowest BCUT2D eigenvalue weighted by atomic mass is 10.2. The topological polar surface area (TPSA) is 108 Å². The number of nitrogens with two attached hydrogens (primary N) is 1. The molecule has 0 aliphatic carbocycles. The van der Waals surface area contributed by atoms with Gasteiger partial charge < -0.3 is 25.9 Å². The molecule has 1 aliphatic rings. The van der Waals surface area contributed by atoms with Crippen molar-refractivity contribution < 1.29 is 14.3 Å². The van der Waals surface area contributed by atoms with Crippen LogP contribution in [0.25, 0.3) is 0 Å². The number of carbonyl (C=O) groups is 1. The minimum Gasteiger partial charge on any atom is -0.482 e. The molecule has 0 unspecified atom stereocenters. The summed E-state index contributed by atoms with van der Waals surface area (Å²) in [4.78, 5) is 24.6. The van der Waals surface area contributed by atoms with Gasteiger partial charge in [-0.05, 0) is 24.6 Å². The first-order valence-electron chi connectivity index (χ1n) is 7.96. The van der Waals surface area contributed by atoms with Crippen LogP contribution in [-0.4, -0.2) is 30.0 Å². The van der Waals surface area contributed by atoms with Crippen molar-refractivity contribution in [3.8, 4) is 5.75 Å². The second-order valence-electron chi connectivity index (χ2n) is 5.57. The lowest BCUT2D eigenvalue weighted by Crippen LogP contribution is -2.53. The number of nitrogen functional groups attached to an aromatic ring is 1. The Hall–Kier alpha value is -3.00. The Morgan fingerprint density at radius 1 is 1.20 bits per heavy atom. The van der Waals surface area contributed by atoms with Gasteiger partial charge in [-0.3, -0.25) is 14.3 Å². The van der Waals surface area contributed by atoms with Crippen molar-refractivity contribution in [1.29, 1.82) is 0 Å². The van der Waals surface area contributed by atoms with Gasteiger partial charge >= 0.3 is 0 Å². The predicted molar refractivity (Wildman–Crippen MR) is 93.0 cm³/mol. The van der Waals surface area contributed by atoms with Gasteiger partial charge in [-0.2, -0.15) is 0 Å². The van der Waals surface area contributed by atoms with E-state index in [-0.39, 0.29) is 29.6 Å². The number of amides is 1. The van der Waals surface area contributed by atoms with E-state index in [4.69, 9.17) is 15.2 Å². The molecule has 1 atom stereocenters. The van der Waals surface area contributed by atoms with Gasteiger partial charge in [0.05, 0.1) is 6.61 Å². The molecule has 0 bridgehead atoms. The minimum absolute atomic E-state index is 0.000755. The van der Waals surface area contributed by atoms with Gasteiger partial charge in [-0.25, -0.2) is 0 Å². The normalized spacial score (nSPS) is 15.9. The van der Waals surface area contributed by atoms with Crippen molar-refractivity contribution in [2.45, 2.75) is 19.7 Å². The van der Waals surface area contributed by atoms with Gasteiger partial charge in [0.15, 0.2) is 11.4 Å². The maximum absolute atomic E-state index is 12.4. The Morgan fingerprint density at radius 3 is 2.68 bits per heavy atom. The van der Waals surface area contributed by atoms with Crippen molar-refractivity contribution in [1.82, 2.24) is 9.99 Å². The molecule has 0 saturated heterocycles. The van der Waals surface area contributed by atoms with Crippen LogP contribution in [0.3, 0.4) is 0 Å². The fourth-order valence-electron chi connectivity index (χ4n) is 2.49. The lowest BCUT2D eigenvalue weighted by Gasteiger charge is -2.30. The largest absolute Gasteiger partial charge is 0.482 e. The highest BCUT2D eigenvalue weighted by Crippen LogP contribution is 2.17. The van der Waals surface area contributed by atoms with Crippen LogP contribution in [0.1, 0.15) is 23.0 Å². The maximum Gasteiger partial charge on any atom is 0.275 e. The number of hydrogen-bond donors (Lipinski definition) is 3. The summed E-state index contributed by atoms with van der Waals surface area (Å²) >= 11 is 0. The van der Waals surface area contributed by atoms with E-state index in [2.05, 4.69) is 10.7 Å². The molecule has 2 heterocycles. The second kappa shape index (κ2) is 7.27. The maximum atomic E-state index is 12.4. The van der Waals surface area contributed by atoms with E-state index >= 15 is 0 Å². The average Bonchev–Trinajstić information content (AvgIpc) is 2.61. The second-order valence-corrected chi connectivity index (χ2v) is 5.57. The smallest absolute Gasteiger partial charge is 0.275 e. The fourth-order valence-corrected chi connectivity index (χ4v) is 2.49. The summed E-state index contributed by atoms with van der Waals surface area (Å²) in [5.41, 5.74) is 9.97. The van der Waals surface area contributed by atoms with E-state index in [1.54, 1.807) is 24.3 Å². The van der Waals surface area contributed by atoms with Gasteiger partial charge in [-0.1, -0.05) is 12.1 Å². The van der Waals surface area contributed by atoms with Crippen LogP contribution < -0.4 is 26.6 Å². The number of aromatic nitrogens is 1. The number of ether oxygens (including phenoxy) is 2. The first-order valence-corrected chi connectivity index (χ1v) is 7.96. The molecule has 8 nitrogen and oxygen atoms in total. The highest BCUT2D eigenvalue weighted by molar-refractivity contribution is 5.96. The molecule has 1 aliphatic heterocycles. The lowest BCUT2D eigenvalue weighted by molar-refractivity contribution is 0.0821. The summed E-state index contributed by atoms with van der Waals surface area (Å²) in [6.07, 6.45) is 1.12. The summed E-state index contributed by atoms with van der Waals surface area (Å²) in [5.74, 6) is -0.396. The van der Waals surface area contributed by atoms with Crippen molar-refractivity contribution >= 4 is 11.6 Å². The Balaban J connectivity index is 1.82. The molecule has 0 saturated carbocycles. The summed E-state index contributed by atoms with van der Waals surface area (Å²) in [6.45, 7) is 2.89. The number of anilines is 1. The molecule has 4 N–H and O–H groups in total. The minimum atomic E-state index is -0.395.